The Labute approximate surface area is 89.1 Å². The summed E-state index contributed by atoms with van der Waals surface area (Å²) in [5, 5.41) is 0.544. The highest BCUT2D eigenvalue weighted by Crippen LogP contribution is 2.16. The Morgan fingerprint density at radius 3 is 2.50 bits per heavy atom. The molecule has 0 aliphatic carbocycles. The van der Waals surface area contributed by atoms with Crippen LogP contribution in [-0.4, -0.2) is 35.5 Å². The number of Topliss-reactive ketones (excluding diaryl/α,β-unsaturated/α-hetero) is 1. The third-order valence-electron chi connectivity index (χ3n) is 1.59. The molecular formula is C9H17N3OS. The van der Waals surface area contributed by atoms with Gasteiger partial charge >= 0.3 is 0 Å². The third kappa shape index (κ3) is 3.49. The highest BCUT2D eigenvalue weighted by molar-refractivity contribution is 8.14. The number of hydrogen-bond acceptors (Lipinski definition) is 5. The molecule has 0 bridgehead atoms. The molecule has 0 aromatic rings. The van der Waals surface area contributed by atoms with Crippen molar-refractivity contribution in [1.29, 1.82) is 0 Å². The molecule has 1 heterocycles. The van der Waals surface area contributed by atoms with Crippen molar-refractivity contribution >= 4 is 28.4 Å². The Morgan fingerprint density at radius 1 is 1.64 bits per heavy atom. The lowest BCUT2D eigenvalue weighted by Crippen LogP contribution is -2.25. The monoisotopic (exact) mass is 215 g/mol. The molecule has 1 atom stereocenters. The number of hydrogen-bond donors (Lipinski definition) is 1. The molecule has 0 aromatic carbocycles. The van der Waals surface area contributed by atoms with Crippen molar-refractivity contribution in [2.45, 2.75) is 26.8 Å². The summed E-state index contributed by atoms with van der Waals surface area (Å²) in [6, 6.07) is -0.127. The van der Waals surface area contributed by atoms with Gasteiger partial charge in [-0.05, 0) is 0 Å². The normalized spacial score (nSPS) is 21.0. The van der Waals surface area contributed by atoms with Crippen LogP contribution in [0.1, 0.15) is 20.8 Å². The minimum Gasteiger partial charge on any atom is -0.379 e. The highest BCUT2D eigenvalue weighted by Gasteiger charge is 2.23. The van der Waals surface area contributed by atoms with Crippen molar-refractivity contribution in [2.24, 2.45) is 15.7 Å². The first-order valence-corrected chi connectivity index (χ1v) is 5.57. The number of nitrogens with two attached hydrogens (primary N) is 1. The van der Waals surface area contributed by atoms with E-state index in [1.165, 1.54) is 18.7 Å². The molecule has 0 fully saturated rings. The van der Waals surface area contributed by atoms with Crippen LogP contribution in [0.15, 0.2) is 9.98 Å². The minimum atomic E-state index is -0.127. The van der Waals surface area contributed by atoms with Gasteiger partial charge in [-0.25, -0.2) is 0 Å². The standard InChI is InChI=1S/C7H11N3OS.C2H6/c1-4(11)6(9-2)5-3-12-7(8)10-5;1-2/h5H,3H2,1-2H3,(H2,8,10);1-2H3. The van der Waals surface area contributed by atoms with Crippen LogP contribution in [0.4, 0.5) is 0 Å². The second kappa shape index (κ2) is 6.59. The summed E-state index contributed by atoms with van der Waals surface area (Å²) in [5.74, 6) is 0.708. The third-order valence-corrected chi connectivity index (χ3v) is 2.47. The van der Waals surface area contributed by atoms with Gasteiger partial charge in [0.1, 0.15) is 11.8 Å². The molecule has 1 aliphatic heterocycles. The quantitative estimate of drug-likeness (QED) is 0.701. The molecule has 2 N–H and O–H groups in total. The summed E-state index contributed by atoms with van der Waals surface area (Å²) in [4.78, 5) is 19.0. The summed E-state index contributed by atoms with van der Waals surface area (Å²) in [7, 11) is 1.60. The summed E-state index contributed by atoms with van der Waals surface area (Å²) in [6.07, 6.45) is 0. The second-order valence-electron chi connectivity index (χ2n) is 2.46. The van der Waals surface area contributed by atoms with Gasteiger partial charge in [0.15, 0.2) is 11.0 Å². The molecule has 1 rings (SSSR count). The van der Waals surface area contributed by atoms with Crippen molar-refractivity contribution in [3.8, 4) is 0 Å². The molecule has 0 saturated carbocycles. The van der Waals surface area contributed by atoms with Gasteiger partial charge in [0, 0.05) is 19.7 Å². The minimum absolute atomic E-state index is 0.0263. The van der Waals surface area contributed by atoms with Crippen molar-refractivity contribution in [1.82, 2.24) is 0 Å². The Morgan fingerprint density at radius 2 is 2.21 bits per heavy atom. The van der Waals surface area contributed by atoms with E-state index in [9.17, 15) is 4.79 Å². The number of rotatable bonds is 2. The van der Waals surface area contributed by atoms with Gasteiger partial charge in [0.2, 0.25) is 0 Å². The average molecular weight is 215 g/mol. The molecule has 5 heteroatoms. The van der Waals surface area contributed by atoms with Gasteiger partial charge in [0.05, 0.1) is 0 Å². The van der Waals surface area contributed by atoms with Gasteiger partial charge in [0.25, 0.3) is 0 Å². The lowest BCUT2D eigenvalue weighted by atomic mass is 10.1. The molecule has 4 nitrogen and oxygen atoms in total. The summed E-state index contributed by atoms with van der Waals surface area (Å²) >= 11 is 1.46. The maximum atomic E-state index is 11.0. The number of amidine groups is 1. The van der Waals surface area contributed by atoms with E-state index >= 15 is 0 Å². The Bertz CT molecular complexity index is 261. The number of carbonyl (C=O) groups is 1. The average Bonchev–Trinajstić information content (AvgIpc) is 2.56. The lowest BCUT2D eigenvalue weighted by molar-refractivity contribution is -0.111. The lowest BCUT2D eigenvalue weighted by Gasteiger charge is -2.04. The van der Waals surface area contributed by atoms with Crippen LogP contribution in [0, 0.1) is 0 Å². The van der Waals surface area contributed by atoms with Crippen LogP contribution in [0.5, 0.6) is 0 Å². The molecule has 0 spiro atoms. The van der Waals surface area contributed by atoms with Crippen molar-refractivity contribution in [3.63, 3.8) is 0 Å². The number of nitrogens with zero attached hydrogens (tertiary/aromatic N) is 2. The van der Waals surface area contributed by atoms with Gasteiger partial charge in [-0.2, -0.15) is 0 Å². The van der Waals surface area contributed by atoms with E-state index in [1.807, 2.05) is 13.8 Å². The largest absolute Gasteiger partial charge is 0.379 e. The number of aliphatic imine (C=N–C) groups is 2. The van der Waals surface area contributed by atoms with E-state index < -0.39 is 0 Å². The summed E-state index contributed by atoms with van der Waals surface area (Å²) in [5.41, 5.74) is 5.98. The Balaban J connectivity index is 0.000000791. The molecule has 80 valence electrons. The highest BCUT2D eigenvalue weighted by atomic mass is 32.2. The maximum absolute atomic E-state index is 11.0. The zero-order chi connectivity index (χ0) is 11.1. The summed E-state index contributed by atoms with van der Waals surface area (Å²) in [6.45, 7) is 5.50. The van der Waals surface area contributed by atoms with E-state index in [-0.39, 0.29) is 11.8 Å². The van der Waals surface area contributed by atoms with E-state index in [0.29, 0.717) is 10.9 Å². The zero-order valence-electron chi connectivity index (χ0n) is 9.07. The Hall–Kier alpha value is -0.840. The second-order valence-corrected chi connectivity index (χ2v) is 3.50. The fourth-order valence-electron chi connectivity index (χ4n) is 1.07. The zero-order valence-corrected chi connectivity index (χ0v) is 9.89. The number of ketones is 1. The molecule has 0 aromatic heterocycles. The van der Waals surface area contributed by atoms with Gasteiger partial charge in [-0.1, -0.05) is 25.6 Å². The summed E-state index contributed by atoms with van der Waals surface area (Å²) < 4.78 is 0. The van der Waals surface area contributed by atoms with Crippen LogP contribution in [0.25, 0.3) is 0 Å². The fourth-order valence-corrected chi connectivity index (χ4v) is 1.84. The SMILES string of the molecule is CC.CN=C(C(C)=O)C1CSC(N)=N1. The van der Waals surface area contributed by atoms with E-state index in [4.69, 9.17) is 5.73 Å². The van der Waals surface area contributed by atoms with Crippen LogP contribution < -0.4 is 5.73 Å². The van der Waals surface area contributed by atoms with E-state index in [2.05, 4.69) is 9.98 Å². The molecule has 0 amide bonds. The first kappa shape index (κ1) is 13.2. The Kier molecular flexibility index (Phi) is 6.19. The maximum Gasteiger partial charge on any atom is 0.175 e. The molecule has 1 aliphatic rings. The smallest absolute Gasteiger partial charge is 0.175 e. The first-order chi connectivity index (χ1) is 6.65. The van der Waals surface area contributed by atoms with Crippen molar-refractivity contribution < 1.29 is 4.79 Å². The van der Waals surface area contributed by atoms with E-state index in [0.717, 1.165) is 5.75 Å². The number of thioether (sulfide) groups is 1. The predicted molar refractivity (Wildman–Crippen MR) is 63.3 cm³/mol. The molecule has 1 unspecified atom stereocenters. The van der Waals surface area contributed by atoms with Crippen molar-refractivity contribution in [3.05, 3.63) is 0 Å². The van der Waals surface area contributed by atoms with Gasteiger partial charge in [-0.3, -0.25) is 14.8 Å². The predicted octanol–water partition coefficient (Wildman–Crippen LogP) is 1.10. The van der Waals surface area contributed by atoms with Gasteiger partial charge in [-0.15, -0.1) is 0 Å². The van der Waals surface area contributed by atoms with Gasteiger partial charge < -0.3 is 5.73 Å². The van der Waals surface area contributed by atoms with Crippen molar-refractivity contribution in [2.75, 3.05) is 12.8 Å². The van der Waals surface area contributed by atoms with Crippen LogP contribution in [0.2, 0.25) is 0 Å². The fraction of sp³-hybridized carbons (Fsp3) is 0.667. The molecule has 0 radical (unpaired) electrons. The first-order valence-electron chi connectivity index (χ1n) is 4.59. The van der Waals surface area contributed by atoms with E-state index in [1.54, 1.807) is 7.05 Å². The molecule has 0 saturated heterocycles. The number of carbonyl (C=O) groups excluding carboxylic acids is 1. The topological polar surface area (TPSA) is 67.8 Å². The molecule has 14 heavy (non-hydrogen) atoms. The van der Waals surface area contributed by atoms with Crippen LogP contribution in [-0.2, 0) is 4.79 Å². The molecular weight excluding hydrogens is 198 g/mol. The van der Waals surface area contributed by atoms with Crippen LogP contribution in [0.3, 0.4) is 0 Å². The van der Waals surface area contributed by atoms with Crippen LogP contribution >= 0.6 is 11.8 Å².